The summed E-state index contributed by atoms with van der Waals surface area (Å²) in [6, 6.07) is 0. The molecule has 96 valence electrons. The average Bonchev–Trinajstić information content (AvgIpc) is 2.28. The maximum absolute atomic E-state index is 4.12. The predicted molar refractivity (Wildman–Crippen MR) is 77.8 cm³/mol. The number of allylic oxidation sites excluding steroid dienone is 3. The van der Waals surface area contributed by atoms with Gasteiger partial charge in [-0.3, -0.25) is 0 Å². The Morgan fingerprint density at radius 2 is 1.62 bits per heavy atom. The highest BCUT2D eigenvalue weighted by molar-refractivity contribution is 5.21. The lowest BCUT2D eigenvalue weighted by Gasteiger charge is -2.11. The summed E-state index contributed by atoms with van der Waals surface area (Å²) in [4.78, 5) is 0. The van der Waals surface area contributed by atoms with Crippen LogP contribution in [0.4, 0.5) is 0 Å². The van der Waals surface area contributed by atoms with Crippen molar-refractivity contribution in [3.05, 3.63) is 23.8 Å². The molecule has 0 spiro atoms. The third-order valence-corrected chi connectivity index (χ3v) is 2.52. The monoisotopic (exact) mass is 224 g/mol. The van der Waals surface area contributed by atoms with Gasteiger partial charge in [0.2, 0.25) is 0 Å². The largest absolute Gasteiger partial charge is 0.0958 e. The minimum absolute atomic E-state index is 0.674. The first-order valence-electron chi connectivity index (χ1n) is 7.00. The summed E-state index contributed by atoms with van der Waals surface area (Å²) in [6.07, 6.45) is 8.48. The van der Waals surface area contributed by atoms with E-state index in [1.165, 1.54) is 31.3 Å². The highest BCUT2D eigenvalue weighted by atomic mass is 14.1. The van der Waals surface area contributed by atoms with Gasteiger partial charge in [-0.1, -0.05) is 78.2 Å². The van der Waals surface area contributed by atoms with Crippen molar-refractivity contribution in [1.29, 1.82) is 0 Å². The Morgan fingerprint density at radius 3 is 2.00 bits per heavy atom. The Morgan fingerprint density at radius 1 is 1.06 bits per heavy atom. The first-order valence-corrected chi connectivity index (χ1v) is 7.00. The van der Waals surface area contributed by atoms with E-state index in [4.69, 9.17) is 0 Å². The predicted octanol–water partition coefficient (Wildman–Crippen LogP) is 6.14. The first-order chi connectivity index (χ1) is 7.61. The van der Waals surface area contributed by atoms with Gasteiger partial charge in [-0.05, 0) is 25.2 Å². The zero-order chi connectivity index (χ0) is 13.0. The normalized spacial score (nSPS) is 11.1. The van der Waals surface area contributed by atoms with E-state index in [0.717, 1.165) is 6.42 Å². The van der Waals surface area contributed by atoms with Crippen molar-refractivity contribution >= 4 is 0 Å². The second kappa shape index (κ2) is 12.5. The standard InChI is InChI=1S/C14H26.C2H6/c1-6-8-10-13(5)11-14(9-7-2)12(3)4;1-2/h11-12H,5-10H2,1-4H3;1-2H3/b14-11+;. The molecule has 0 aliphatic carbocycles. The van der Waals surface area contributed by atoms with Crippen molar-refractivity contribution in [3.63, 3.8) is 0 Å². The van der Waals surface area contributed by atoms with Crippen LogP contribution in [-0.2, 0) is 0 Å². The molecular weight excluding hydrogens is 192 g/mol. The van der Waals surface area contributed by atoms with Crippen molar-refractivity contribution in [1.82, 2.24) is 0 Å². The van der Waals surface area contributed by atoms with Crippen LogP contribution < -0.4 is 0 Å². The molecule has 0 bridgehead atoms. The van der Waals surface area contributed by atoms with Crippen molar-refractivity contribution < 1.29 is 0 Å². The van der Waals surface area contributed by atoms with Crippen molar-refractivity contribution in [2.24, 2.45) is 5.92 Å². The summed E-state index contributed by atoms with van der Waals surface area (Å²) in [5.41, 5.74) is 2.87. The number of hydrogen-bond acceptors (Lipinski definition) is 0. The topological polar surface area (TPSA) is 0 Å². The van der Waals surface area contributed by atoms with E-state index in [-0.39, 0.29) is 0 Å². The molecule has 0 heterocycles. The SMILES string of the molecule is C=C(/C=C(\CCC)C(C)C)CCCC.CC. The van der Waals surface area contributed by atoms with Crippen LogP contribution in [0.1, 0.15) is 73.6 Å². The van der Waals surface area contributed by atoms with Crippen LogP contribution in [0, 0.1) is 5.92 Å². The van der Waals surface area contributed by atoms with Gasteiger partial charge in [0.1, 0.15) is 0 Å². The molecule has 0 fully saturated rings. The molecule has 0 unspecified atom stereocenters. The lowest BCUT2D eigenvalue weighted by molar-refractivity contribution is 0.697. The second-order valence-electron chi connectivity index (χ2n) is 4.39. The average molecular weight is 224 g/mol. The van der Waals surface area contributed by atoms with Gasteiger partial charge < -0.3 is 0 Å². The van der Waals surface area contributed by atoms with Gasteiger partial charge in [0, 0.05) is 0 Å². The fourth-order valence-corrected chi connectivity index (χ4v) is 1.55. The van der Waals surface area contributed by atoms with Crippen LogP contribution in [0.15, 0.2) is 23.8 Å². The second-order valence-corrected chi connectivity index (χ2v) is 4.39. The highest BCUT2D eigenvalue weighted by Gasteiger charge is 2.02. The smallest absolute Gasteiger partial charge is 0.0257 e. The third-order valence-electron chi connectivity index (χ3n) is 2.52. The van der Waals surface area contributed by atoms with Crippen molar-refractivity contribution in [2.75, 3.05) is 0 Å². The molecule has 0 aromatic rings. The Labute approximate surface area is 104 Å². The molecule has 0 aromatic heterocycles. The molecule has 0 amide bonds. The fraction of sp³-hybridized carbons (Fsp3) is 0.750. The van der Waals surface area contributed by atoms with E-state index < -0.39 is 0 Å². The summed E-state index contributed by atoms with van der Waals surface area (Å²) in [7, 11) is 0. The van der Waals surface area contributed by atoms with E-state index in [1.807, 2.05) is 13.8 Å². The molecule has 0 aliphatic rings. The summed E-state index contributed by atoms with van der Waals surface area (Å²) < 4.78 is 0. The Kier molecular flexibility index (Phi) is 14.0. The molecule has 0 radical (unpaired) electrons. The van der Waals surface area contributed by atoms with Gasteiger partial charge in [0.15, 0.2) is 0 Å². The van der Waals surface area contributed by atoms with Crippen LogP contribution in [0.5, 0.6) is 0 Å². The molecule has 0 saturated heterocycles. The molecule has 0 rings (SSSR count). The molecular formula is C16H32. The van der Waals surface area contributed by atoms with Crippen LogP contribution in [0.2, 0.25) is 0 Å². The van der Waals surface area contributed by atoms with Crippen LogP contribution in [0.25, 0.3) is 0 Å². The third kappa shape index (κ3) is 10.0. The Hall–Kier alpha value is -0.520. The molecule has 0 nitrogen and oxygen atoms in total. The Balaban J connectivity index is 0. The van der Waals surface area contributed by atoms with Gasteiger partial charge in [0.25, 0.3) is 0 Å². The minimum atomic E-state index is 0.674. The minimum Gasteiger partial charge on any atom is -0.0958 e. The van der Waals surface area contributed by atoms with E-state index in [2.05, 4.69) is 40.3 Å². The highest BCUT2D eigenvalue weighted by Crippen LogP contribution is 2.19. The van der Waals surface area contributed by atoms with Crippen LogP contribution in [-0.4, -0.2) is 0 Å². The molecule has 0 aromatic carbocycles. The zero-order valence-electron chi connectivity index (χ0n) is 12.4. The van der Waals surface area contributed by atoms with E-state index in [0.29, 0.717) is 5.92 Å². The zero-order valence-corrected chi connectivity index (χ0v) is 12.4. The van der Waals surface area contributed by atoms with Gasteiger partial charge in [-0.2, -0.15) is 0 Å². The molecule has 0 saturated carbocycles. The summed E-state index contributed by atoms with van der Waals surface area (Å²) in [5.74, 6) is 0.674. The molecule has 0 atom stereocenters. The van der Waals surface area contributed by atoms with E-state index in [9.17, 15) is 0 Å². The quantitative estimate of drug-likeness (QED) is 0.455. The summed E-state index contributed by atoms with van der Waals surface area (Å²) in [6.45, 7) is 17.1. The first kappa shape index (κ1) is 17.9. The maximum atomic E-state index is 4.12. The van der Waals surface area contributed by atoms with E-state index >= 15 is 0 Å². The summed E-state index contributed by atoms with van der Waals surface area (Å²) >= 11 is 0. The lowest BCUT2D eigenvalue weighted by Crippen LogP contribution is -1.94. The van der Waals surface area contributed by atoms with Gasteiger partial charge in [0.05, 0.1) is 0 Å². The molecule has 0 heteroatoms. The van der Waals surface area contributed by atoms with E-state index in [1.54, 1.807) is 5.57 Å². The van der Waals surface area contributed by atoms with Gasteiger partial charge >= 0.3 is 0 Å². The number of hydrogen-bond donors (Lipinski definition) is 0. The van der Waals surface area contributed by atoms with Crippen LogP contribution in [0.3, 0.4) is 0 Å². The number of unbranched alkanes of at least 4 members (excludes halogenated alkanes) is 1. The number of rotatable bonds is 7. The molecule has 0 aliphatic heterocycles. The fourth-order valence-electron chi connectivity index (χ4n) is 1.55. The Bertz CT molecular complexity index is 184. The van der Waals surface area contributed by atoms with Gasteiger partial charge in [-0.25, -0.2) is 0 Å². The molecule has 0 N–H and O–H groups in total. The summed E-state index contributed by atoms with van der Waals surface area (Å²) in [5, 5.41) is 0. The van der Waals surface area contributed by atoms with Gasteiger partial charge in [-0.15, -0.1) is 0 Å². The lowest BCUT2D eigenvalue weighted by atomic mass is 9.95. The maximum Gasteiger partial charge on any atom is -0.0257 e. The molecule has 16 heavy (non-hydrogen) atoms. The van der Waals surface area contributed by atoms with Crippen molar-refractivity contribution in [3.8, 4) is 0 Å². The van der Waals surface area contributed by atoms with Crippen LogP contribution >= 0.6 is 0 Å². The van der Waals surface area contributed by atoms with Crippen molar-refractivity contribution in [2.45, 2.75) is 73.6 Å².